The molecule has 0 saturated heterocycles. The standard InChI is InChI=1S/C21H20N2O5S2/c1-11-9-16(22-14-8-6-5-7-13(11)14)29-10-15(24)23-19-17(20(25)27-3)12(2)18(30-19)21(26)28-4/h5-9H,10H2,1-4H3,(H,23,24)/p+1. The van der Waals surface area contributed by atoms with Crippen molar-refractivity contribution in [3.05, 3.63) is 51.9 Å². The minimum atomic E-state index is -0.625. The number of esters is 2. The monoisotopic (exact) mass is 445 g/mol. The molecule has 7 nitrogen and oxygen atoms in total. The molecule has 0 saturated carbocycles. The molecule has 30 heavy (non-hydrogen) atoms. The number of carbonyl (C=O) groups excluding carboxylic acids is 3. The van der Waals surface area contributed by atoms with Crippen molar-refractivity contribution >= 4 is 56.8 Å². The Hall–Kier alpha value is -2.91. The Kier molecular flexibility index (Phi) is 6.73. The van der Waals surface area contributed by atoms with Crippen molar-refractivity contribution in [2.24, 2.45) is 0 Å². The van der Waals surface area contributed by atoms with E-state index in [1.807, 2.05) is 37.3 Å². The van der Waals surface area contributed by atoms with E-state index >= 15 is 0 Å². The number of aromatic amines is 1. The number of thiophene rings is 1. The summed E-state index contributed by atoms with van der Waals surface area (Å²) in [5.41, 5.74) is 2.68. The van der Waals surface area contributed by atoms with Crippen LogP contribution in [0.4, 0.5) is 5.00 Å². The van der Waals surface area contributed by atoms with Gasteiger partial charge in [-0.25, -0.2) is 9.59 Å². The maximum absolute atomic E-state index is 12.5. The van der Waals surface area contributed by atoms with Crippen LogP contribution >= 0.6 is 23.1 Å². The summed E-state index contributed by atoms with van der Waals surface area (Å²) in [6, 6.07) is 9.94. The van der Waals surface area contributed by atoms with Crippen LogP contribution in [0.3, 0.4) is 0 Å². The van der Waals surface area contributed by atoms with E-state index in [0.717, 1.165) is 32.8 Å². The Morgan fingerprint density at radius 2 is 1.80 bits per heavy atom. The second kappa shape index (κ2) is 9.27. The molecule has 0 aliphatic heterocycles. The molecule has 0 aliphatic rings. The molecule has 1 aromatic carbocycles. The maximum Gasteiger partial charge on any atom is 0.348 e. The number of benzene rings is 1. The van der Waals surface area contributed by atoms with Crippen LogP contribution in [-0.4, -0.2) is 37.8 Å². The Labute approximate surface area is 181 Å². The number of carbonyl (C=O) groups is 3. The van der Waals surface area contributed by atoms with Gasteiger partial charge < -0.3 is 14.8 Å². The Bertz CT molecular complexity index is 1140. The first-order valence-electron chi connectivity index (χ1n) is 9.00. The number of nitrogens with one attached hydrogen (secondary N) is 2. The molecule has 156 valence electrons. The third-order valence-corrected chi connectivity index (χ3v) is 6.60. The SMILES string of the molecule is COC(=O)c1sc(NC(=O)CSc2cc(C)c3ccccc3[nH+]2)c(C(=O)OC)c1C. The summed E-state index contributed by atoms with van der Waals surface area (Å²) in [4.78, 5) is 40.2. The summed E-state index contributed by atoms with van der Waals surface area (Å²) in [7, 11) is 2.51. The minimum Gasteiger partial charge on any atom is -0.465 e. The molecule has 1 amide bonds. The highest BCUT2D eigenvalue weighted by molar-refractivity contribution is 7.99. The van der Waals surface area contributed by atoms with E-state index in [4.69, 9.17) is 9.47 Å². The smallest absolute Gasteiger partial charge is 0.348 e. The number of amides is 1. The van der Waals surface area contributed by atoms with Crippen molar-refractivity contribution in [1.82, 2.24) is 0 Å². The number of hydrogen-bond donors (Lipinski definition) is 1. The van der Waals surface area contributed by atoms with E-state index in [0.29, 0.717) is 5.56 Å². The molecule has 0 atom stereocenters. The lowest BCUT2D eigenvalue weighted by atomic mass is 10.1. The highest BCUT2D eigenvalue weighted by Crippen LogP contribution is 2.34. The molecule has 0 unspecified atom stereocenters. The number of rotatable bonds is 6. The summed E-state index contributed by atoms with van der Waals surface area (Å²) in [6.45, 7) is 3.64. The van der Waals surface area contributed by atoms with Gasteiger partial charge in [0.1, 0.15) is 9.88 Å². The summed E-state index contributed by atoms with van der Waals surface area (Å²) in [6.07, 6.45) is 0. The van der Waals surface area contributed by atoms with Crippen LogP contribution in [0.1, 0.15) is 31.2 Å². The second-order valence-corrected chi connectivity index (χ2v) is 8.48. The Morgan fingerprint density at radius 3 is 2.50 bits per heavy atom. The zero-order valence-corrected chi connectivity index (χ0v) is 18.6. The number of aryl methyl sites for hydroxylation is 1. The normalized spacial score (nSPS) is 10.7. The van der Waals surface area contributed by atoms with Gasteiger partial charge in [0.15, 0.2) is 0 Å². The first kappa shape index (κ1) is 21.8. The predicted molar refractivity (Wildman–Crippen MR) is 116 cm³/mol. The quantitative estimate of drug-likeness (QED) is 0.460. The number of hydrogen-bond acceptors (Lipinski definition) is 7. The van der Waals surface area contributed by atoms with E-state index in [1.54, 1.807) is 6.92 Å². The van der Waals surface area contributed by atoms with Crippen LogP contribution in [0.2, 0.25) is 0 Å². The second-order valence-electron chi connectivity index (χ2n) is 6.44. The lowest BCUT2D eigenvalue weighted by Crippen LogP contribution is -2.17. The molecule has 0 spiro atoms. The third-order valence-electron chi connectivity index (χ3n) is 4.48. The highest BCUT2D eigenvalue weighted by Gasteiger charge is 2.27. The van der Waals surface area contributed by atoms with Crippen LogP contribution in [0, 0.1) is 13.8 Å². The zero-order chi connectivity index (χ0) is 21.8. The number of thioether (sulfide) groups is 1. The molecule has 2 aromatic heterocycles. The van der Waals surface area contributed by atoms with Crippen LogP contribution in [0.5, 0.6) is 0 Å². The molecule has 2 N–H and O–H groups in total. The molecule has 0 fully saturated rings. The molecule has 0 bridgehead atoms. The molecule has 2 heterocycles. The number of ether oxygens (including phenoxy) is 2. The predicted octanol–water partition coefficient (Wildman–Crippen LogP) is 3.64. The van der Waals surface area contributed by atoms with Crippen molar-refractivity contribution in [1.29, 1.82) is 0 Å². The zero-order valence-electron chi connectivity index (χ0n) is 17.0. The van der Waals surface area contributed by atoms with Crippen LogP contribution < -0.4 is 10.3 Å². The van der Waals surface area contributed by atoms with Gasteiger partial charge in [0.2, 0.25) is 16.4 Å². The van der Waals surface area contributed by atoms with Crippen molar-refractivity contribution < 1.29 is 28.8 Å². The van der Waals surface area contributed by atoms with Crippen molar-refractivity contribution in [2.45, 2.75) is 18.9 Å². The lowest BCUT2D eigenvalue weighted by molar-refractivity contribution is -0.395. The number of fused-ring (bicyclic) bond motifs is 1. The number of methoxy groups -OCH3 is 2. The van der Waals surface area contributed by atoms with Crippen molar-refractivity contribution in [3.8, 4) is 0 Å². The third kappa shape index (κ3) is 4.47. The number of H-pyrrole nitrogens is 1. The van der Waals surface area contributed by atoms with Gasteiger partial charge in [-0.2, -0.15) is 4.98 Å². The van der Waals surface area contributed by atoms with E-state index in [1.165, 1.54) is 26.0 Å². The topological polar surface area (TPSA) is 95.8 Å². The fourth-order valence-corrected chi connectivity index (χ4v) is 4.93. The van der Waals surface area contributed by atoms with E-state index in [2.05, 4.69) is 10.3 Å². The largest absolute Gasteiger partial charge is 0.465 e. The molecule has 3 rings (SSSR count). The van der Waals surface area contributed by atoms with Gasteiger partial charge >= 0.3 is 11.9 Å². The fourth-order valence-electron chi connectivity index (χ4n) is 3.00. The van der Waals surface area contributed by atoms with Gasteiger partial charge in [0.25, 0.3) is 0 Å². The van der Waals surface area contributed by atoms with Gasteiger partial charge in [0, 0.05) is 17.5 Å². The van der Waals surface area contributed by atoms with Crippen LogP contribution in [0.25, 0.3) is 10.9 Å². The van der Waals surface area contributed by atoms with E-state index in [9.17, 15) is 14.4 Å². The average Bonchev–Trinajstić information content (AvgIpc) is 3.06. The van der Waals surface area contributed by atoms with E-state index < -0.39 is 11.9 Å². The number of pyridine rings is 1. The summed E-state index contributed by atoms with van der Waals surface area (Å²) >= 11 is 2.34. The highest BCUT2D eigenvalue weighted by atomic mass is 32.2. The summed E-state index contributed by atoms with van der Waals surface area (Å²) in [5, 5.41) is 4.97. The molecule has 0 aliphatic carbocycles. The Morgan fingerprint density at radius 1 is 1.10 bits per heavy atom. The van der Waals surface area contributed by atoms with Gasteiger partial charge in [-0.15, -0.1) is 11.3 Å². The van der Waals surface area contributed by atoms with Gasteiger partial charge in [-0.3, -0.25) is 4.79 Å². The first-order valence-corrected chi connectivity index (χ1v) is 10.8. The first-order chi connectivity index (χ1) is 14.3. The molecule has 3 aromatic rings. The van der Waals surface area contributed by atoms with Gasteiger partial charge in [0.05, 0.1) is 25.5 Å². The summed E-state index contributed by atoms with van der Waals surface area (Å²) in [5.74, 6) is -1.37. The number of anilines is 1. The van der Waals surface area contributed by atoms with Gasteiger partial charge in [-0.05, 0) is 42.8 Å². The van der Waals surface area contributed by atoms with Gasteiger partial charge in [-0.1, -0.05) is 12.1 Å². The minimum absolute atomic E-state index is 0.124. The Balaban J connectivity index is 1.78. The maximum atomic E-state index is 12.5. The van der Waals surface area contributed by atoms with Crippen molar-refractivity contribution in [3.63, 3.8) is 0 Å². The number of para-hydroxylation sites is 1. The average molecular weight is 446 g/mol. The summed E-state index contributed by atoms with van der Waals surface area (Å²) < 4.78 is 9.56. The van der Waals surface area contributed by atoms with E-state index in [-0.39, 0.29) is 27.1 Å². The molecule has 0 radical (unpaired) electrons. The fraction of sp³-hybridized carbons (Fsp3) is 0.238. The van der Waals surface area contributed by atoms with Crippen molar-refractivity contribution in [2.75, 3.05) is 25.3 Å². The lowest BCUT2D eigenvalue weighted by Gasteiger charge is -2.05. The molecular formula is C21H21N2O5S2+. The van der Waals surface area contributed by atoms with Crippen LogP contribution in [0.15, 0.2) is 35.4 Å². The number of aromatic nitrogens is 1. The molecular weight excluding hydrogens is 424 g/mol. The van der Waals surface area contributed by atoms with Crippen LogP contribution in [-0.2, 0) is 14.3 Å². The molecule has 9 heteroatoms.